The highest BCUT2D eigenvalue weighted by Gasteiger charge is 2.46. The van der Waals surface area contributed by atoms with Gasteiger partial charge in [0.15, 0.2) is 0 Å². The number of hydrogen-bond acceptors (Lipinski definition) is 5. The Balaban J connectivity index is 1.27. The van der Waals surface area contributed by atoms with Crippen molar-refractivity contribution < 1.29 is 4.79 Å². The highest BCUT2D eigenvalue weighted by Crippen LogP contribution is 2.47. The molecule has 0 bridgehead atoms. The Morgan fingerprint density at radius 3 is 2.61 bits per heavy atom. The highest BCUT2D eigenvalue weighted by molar-refractivity contribution is 5.75. The molecule has 1 saturated carbocycles. The van der Waals surface area contributed by atoms with E-state index in [0.29, 0.717) is 11.3 Å². The van der Waals surface area contributed by atoms with E-state index in [1.165, 1.54) is 48.9 Å². The van der Waals surface area contributed by atoms with E-state index in [1.807, 2.05) is 4.90 Å². The minimum Gasteiger partial charge on any atom is -0.341 e. The van der Waals surface area contributed by atoms with E-state index in [0.717, 1.165) is 32.0 Å². The zero-order valence-corrected chi connectivity index (χ0v) is 16.3. The SMILES string of the molecule is O=C(Cn1cnnn1)N1CCC2(CC1)C[C@@H](c1ccccc1)CN(C1CC1)C2. The van der Waals surface area contributed by atoms with Crippen LogP contribution in [0.25, 0.3) is 0 Å². The first-order chi connectivity index (χ1) is 13.7. The van der Waals surface area contributed by atoms with Gasteiger partial charge in [0.2, 0.25) is 5.91 Å². The van der Waals surface area contributed by atoms with Crippen LogP contribution in [-0.4, -0.2) is 68.1 Å². The number of hydrogen-bond donors (Lipinski definition) is 0. The van der Waals surface area contributed by atoms with Crippen molar-refractivity contribution in [3.05, 3.63) is 42.2 Å². The quantitative estimate of drug-likeness (QED) is 0.811. The molecule has 3 aliphatic rings. The molecule has 148 valence electrons. The minimum atomic E-state index is 0.122. The van der Waals surface area contributed by atoms with E-state index < -0.39 is 0 Å². The van der Waals surface area contributed by atoms with Crippen molar-refractivity contribution in [3.8, 4) is 0 Å². The average Bonchev–Trinajstić information content (AvgIpc) is 3.46. The predicted molar refractivity (Wildman–Crippen MR) is 104 cm³/mol. The highest BCUT2D eigenvalue weighted by atomic mass is 16.2. The molecular formula is C21H28N6O. The number of tetrazole rings is 1. The summed E-state index contributed by atoms with van der Waals surface area (Å²) in [7, 11) is 0. The lowest BCUT2D eigenvalue weighted by atomic mass is 9.68. The van der Waals surface area contributed by atoms with E-state index in [9.17, 15) is 4.79 Å². The number of carbonyl (C=O) groups is 1. The van der Waals surface area contributed by atoms with Crippen molar-refractivity contribution in [2.45, 2.75) is 50.6 Å². The van der Waals surface area contributed by atoms with Crippen LogP contribution in [0.5, 0.6) is 0 Å². The summed E-state index contributed by atoms with van der Waals surface area (Å²) in [5.41, 5.74) is 1.82. The molecule has 28 heavy (non-hydrogen) atoms. The molecule has 1 aromatic carbocycles. The monoisotopic (exact) mass is 380 g/mol. The molecule has 2 aromatic rings. The molecular weight excluding hydrogens is 352 g/mol. The first-order valence-electron chi connectivity index (χ1n) is 10.5. The largest absolute Gasteiger partial charge is 0.341 e. The maximum Gasteiger partial charge on any atom is 0.244 e. The van der Waals surface area contributed by atoms with Crippen LogP contribution in [0.3, 0.4) is 0 Å². The second-order valence-electron chi connectivity index (χ2n) is 8.86. The summed E-state index contributed by atoms with van der Waals surface area (Å²) in [5, 5.41) is 11.0. The van der Waals surface area contributed by atoms with Gasteiger partial charge in [-0.1, -0.05) is 30.3 Å². The lowest BCUT2D eigenvalue weighted by Gasteiger charge is -2.50. The van der Waals surface area contributed by atoms with Crippen LogP contribution in [0.1, 0.15) is 43.6 Å². The molecule has 1 aromatic heterocycles. The summed E-state index contributed by atoms with van der Waals surface area (Å²) in [5.74, 6) is 0.732. The Bertz CT molecular complexity index is 796. The second-order valence-corrected chi connectivity index (χ2v) is 8.86. The molecule has 3 heterocycles. The number of amides is 1. The van der Waals surface area contributed by atoms with Gasteiger partial charge in [0.25, 0.3) is 0 Å². The molecule has 0 unspecified atom stereocenters. The fourth-order valence-electron chi connectivity index (χ4n) is 5.18. The summed E-state index contributed by atoms with van der Waals surface area (Å²) < 4.78 is 1.51. The van der Waals surface area contributed by atoms with Gasteiger partial charge in [-0.05, 0) is 59.4 Å². The van der Waals surface area contributed by atoms with Gasteiger partial charge in [0.05, 0.1) is 0 Å². The minimum absolute atomic E-state index is 0.122. The molecule has 7 nitrogen and oxygen atoms in total. The maximum absolute atomic E-state index is 12.6. The van der Waals surface area contributed by atoms with E-state index in [2.05, 4.69) is 50.8 Å². The fraction of sp³-hybridized carbons (Fsp3) is 0.619. The molecule has 7 heteroatoms. The van der Waals surface area contributed by atoms with Crippen LogP contribution in [0.15, 0.2) is 36.7 Å². The molecule has 2 aliphatic heterocycles. The van der Waals surface area contributed by atoms with E-state index in [-0.39, 0.29) is 12.5 Å². The van der Waals surface area contributed by atoms with Crippen molar-refractivity contribution in [2.24, 2.45) is 5.41 Å². The van der Waals surface area contributed by atoms with Gasteiger partial charge in [-0.2, -0.15) is 0 Å². The normalized spacial score (nSPS) is 25.1. The van der Waals surface area contributed by atoms with Crippen LogP contribution in [0.4, 0.5) is 0 Å². The molecule has 2 saturated heterocycles. The molecule has 0 radical (unpaired) electrons. The first-order valence-corrected chi connectivity index (χ1v) is 10.5. The van der Waals surface area contributed by atoms with Gasteiger partial charge in [-0.15, -0.1) is 5.10 Å². The number of piperidine rings is 2. The van der Waals surface area contributed by atoms with Crippen molar-refractivity contribution >= 4 is 5.91 Å². The lowest BCUT2D eigenvalue weighted by Crippen LogP contribution is -2.53. The maximum atomic E-state index is 12.6. The Morgan fingerprint density at radius 2 is 1.93 bits per heavy atom. The number of likely N-dealkylation sites (tertiary alicyclic amines) is 2. The first kappa shape index (κ1) is 17.8. The number of carbonyl (C=O) groups excluding carboxylic acids is 1. The van der Waals surface area contributed by atoms with Gasteiger partial charge >= 0.3 is 0 Å². The Labute approximate surface area is 165 Å². The van der Waals surface area contributed by atoms with Gasteiger partial charge < -0.3 is 4.90 Å². The Kier molecular flexibility index (Phi) is 4.62. The van der Waals surface area contributed by atoms with Crippen molar-refractivity contribution in [1.82, 2.24) is 30.0 Å². The van der Waals surface area contributed by atoms with Gasteiger partial charge in [0.1, 0.15) is 12.9 Å². The second kappa shape index (κ2) is 7.28. The number of rotatable bonds is 4. The fourth-order valence-corrected chi connectivity index (χ4v) is 5.18. The summed E-state index contributed by atoms with van der Waals surface area (Å²) in [4.78, 5) is 17.4. The predicted octanol–water partition coefficient (Wildman–Crippen LogP) is 1.93. The van der Waals surface area contributed by atoms with Crippen LogP contribution < -0.4 is 0 Å². The standard InChI is InChI=1S/C21H28N6O/c28-20(14-27-16-22-23-24-27)25-10-8-21(9-11-25)12-18(17-4-2-1-3-5-17)13-26(15-21)19-6-7-19/h1-5,16,18-19H,6-15H2/t18-/m1/s1. The molecule has 3 fully saturated rings. The zero-order chi connectivity index (χ0) is 19.0. The number of aromatic nitrogens is 4. The molecule has 1 spiro atoms. The summed E-state index contributed by atoms with van der Waals surface area (Å²) in [6.45, 7) is 4.33. The van der Waals surface area contributed by atoms with Crippen LogP contribution in [0, 0.1) is 5.41 Å². The Morgan fingerprint density at radius 1 is 1.14 bits per heavy atom. The molecule has 5 rings (SSSR count). The molecule has 0 N–H and O–H groups in total. The van der Waals surface area contributed by atoms with Crippen LogP contribution >= 0.6 is 0 Å². The van der Waals surface area contributed by atoms with Crippen molar-refractivity contribution in [3.63, 3.8) is 0 Å². The van der Waals surface area contributed by atoms with Crippen LogP contribution in [0.2, 0.25) is 0 Å². The Hall–Kier alpha value is -2.28. The van der Waals surface area contributed by atoms with Crippen molar-refractivity contribution in [1.29, 1.82) is 0 Å². The van der Waals surface area contributed by atoms with Gasteiger partial charge in [-0.25, -0.2) is 4.68 Å². The smallest absolute Gasteiger partial charge is 0.244 e. The molecule has 1 amide bonds. The average molecular weight is 380 g/mol. The third kappa shape index (κ3) is 3.68. The third-order valence-electron chi connectivity index (χ3n) is 6.87. The third-order valence-corrected chi connectivity index (χ3v) is 6.87. The molecule has 1 atom stereocenters. The van der Waals surface area contributed by atoms with Gasteiger partial charge in [-0.3, -0.25) is 9.69 Å². The summed E-state index contributed by atoms with van der Waals surface area (Å²) in [6.07, 6.45) is 7.65. The van der Waals surface area contributed by atoms with Gasteiger partial charge in [0, 0.05) is 32.2 Å². The van der Waals surface area contributed by atoms with Crippen molar-refractivity contribution in [2.75, 3.05) is 26.2 Å². The lowest BCUT2D eigenvalue weighted by molar-refractivity contribution is -0.135. The van der Waals surface area contributed by atoms with E-state index in [4.69, 9.17) is 0 Å². The topological polar surface area (TPSA) is 67.2 Å². The number of nitrogens with zero attached hydrogens (tertiary/aromatic N) is 6. The summed E-state index contributed by atoms with van der Waals surface area (Å²) >= 11 is 0. The van der Waals surface area contributed by atoms with Crippen LogP contribution in [-0.2, 0) is 11.3 Å². The van der Waals surface area contributed by atoms with E-state index in [1.54, 1.807) is 0 Å². The number of benzene rings is 1. The van der Waals surface area contributed by atoms with E-state index >= 15 is 0 Å². The zero-order valence-electron chi connectivity index (χ0n) is 16.3. The molecule has 1 aliphatic carbocycles. The summed E-state index contributed by atoms with van der Waals surface area (Å²) in [6, 6.07) is 11.8.